The van der Waals surface area contributed by atoms with Crippen LogP contribution in [0, 0.1) is 17.2 Å². The van der Waals surface area contributed by atoms with Gasteiger partial charge in [-0.05, 0) is 27.7 Å². The predicted molar refractivity (Wildman–Crippen MR) is 80.9 cm³/mol. The van der Waals surface area contributed by atoms with Crippen LogP contribution in [-0.2, 0) is 4.52 Å². The second kappa shape index (κ2) is 10.4. The highest BCUT2D eigenvalue weighted by Crippen LogP contribution is 2.50. The van der Waals surface area contributed by atoms with Crippen LogP contribution in [0.3, 0.4) is 0 Å². The second-order valence-corrected chi connectivity index (χ2v) is 7.06. The van der Waals surface area contributed by atoms with Crippen molar-refractivity contribution in [3.8, 4) is 6.07 Å². The number of rotatable bonds is 10. The molecule has 4 N–H and O–H groups in total. The molecule has 0 saturated heterocycles. The molecule has 0 radical (unpaired) electrons. The van der Waals surface area contributed by atoms with E-state index in [0.717, 1.165) is 0 Å². The van der Waals surface area contributed by atoms with Crippen molar-refractivity contribution < 1.29 is 14.7 Å². The zero-order valence-corrected chi connectivity index (χ0v) is 13.8. The third kappa shape index (κ3) is 6.01. The Balaban J connectivity index is 5.07. The first-order valence-corrected chi connectivity index (χ1v) is 8.25. The lowest BCUT2D eigenvalue weighted by Gasteiger charge is -2.40. The van der Waals surface area contributed by atoms with Crippen LogP contribution in [0.1, 0.15) is 34.1 Å². The molecule has 6 nitrogen and oxygen atoms in total. The average Bonchev–Trinajstić information content (AvgIpc) is 2.38. The number of aliphatic hydroxyl groups is 2. The minimum atomic E-state index is -1.33. The standard InChI is InChI=1S/C13H28N3O3P/c1-10(2)16(11(3)4)20(19-7-5-6-14)13(18)12(8-15)9-17/h10-13,17-18H,5,7-9,15H2,1-4H3. The fraction of sp³-hybridized carbons (Fsp3) is 0.923. The number of nitriles is 1. The molecule has 20 heavy (non-hydrogen) atoms. The lowest BCUT2D eigenvalue weighted by Crippen LogP contribution is -2.40. The first kappa shape index (κ1) is 19.7. The first-order valence-electron chi connectivity index (χ1n) is 6.96. The molecule has 0 aromatic heterocycles. The van der Waals surface area contributed by atoms with Crippen molar-refractivity contribution in [1.82, 2.24) is 4.67 Å². The molecule has 0 aromatic carbocycles. The Hall–Kier alpha value is -0.280. The molecule has 0 heterocycles. The number of nitrogens with zero attached hydrogens (tertiary/aromatic N) is 2. The van der Waals surface area contributed by atoms with Crippen molar-refractivity contribution in [2.75, 3.05) is 19.8 Å². The van der Waals surface area contributed by atoms with E-state index in [-0.39, 0.29) is 38.3 Å². The maximum atomic E-state index is 10.5. The lowest BCUT2D eigenvalue weighted by atomic mass is 10.2. The van der Waals surface area contributed by atoms with Crippen molar-refractivity contribution in [3.05, 3.63) is 0 Å². The Morgan fingerprint density at radius 1 is 1.30 bits per heavy atom. The summed E-state index contributed by atoms with van der Waals surface area (Å²) >= 11 is 0. The molecule has 0 saturated carbocycles. The molecule has 0 aliphatic rings. The van der Waals surface area contributed by atoms with E-state index in [4.69, 9.17) is 15.5 Å². The van der Waals surface area contributed by atoms with Gasteiger partial charge in [0.1, 0.15) is 14.1 Å². The molecule has 3 unspecified atom stereocenters. The summed E-state index contributed by atoms with van der Waals surface area (Å²) in [5.41, 5.74) is 5.59. The molecular formula is C13H28N3O3P. The summed E-state index contributed by atoms with van der Waals surface area (Å²) in [6, 6.07) is 2.41. The molecule has 0 spiro atoms. The molecule has 0 aliphatic carbocycles. The highest BCUT2D eigenvalue weighted by molar-refractivity contribution is 7.50. The topological polar surface area (TPSA) is 103 Å². The van der Waals surface area contributed by atoms with Gasteiger partial charge in [0.25, 0.3) is 0 Å². The van der Waals surface area contributed by atoms with Gasteiger partial charge in [-0.3, -0.25) is 4.67 Å². The van der Waals surface area contributed by atoms with Gasteiger partial charge in [0.05, 0.1) is 25.7 Å². The summed E-state index contributed by atoms with van der Waals surface area (Å²) in [6.07, 6.45) is 0.280. The second-order valence-electron chi connectivity index (χ2n) is 5.20. The zero-order chi connectivity index (χ0) is 15.7. The van der Waals surface area contributed by atoms with Gasteiger partial charge in [0, 0.05) is 24.5 Å². The van der Waals surface area contributed by atoms with Gasteiger partial charge in [-0.15, -0.1) is 0 Å². The van der Waals surface area contributed by atoms with Crippen LogP contribution in [0.15, 0.2) is 0 Å². The van der Waals surface area contributed by atoms with Crippen LogP contribution in [0.2, 0.25) is 0 Å². The van der Waals surface area contributed by atoms with Gasteiger partial charge in [-0.2, -0.15) is 5.26 Å². The molecule has 0 fully saturated rings. The maximum Gasteiger partial charge on any atom is 0.135 e. The summed E-state index contributed by atoms with van der Waals surface area (Å²) in [4.78, 5) is 0. The Morgan fingerprint density at radius 2 is 1.85 bits per heavy atom. The van der Waals surface area contributed by atoms with E-state index in [1.165, 1.54) is 0 Å². The van der Waals surface area contributed by atoms with Gasteiger partial charge in [-0.1, -0.05) is 0 Å². The minimum Gasteiger partial charge on any atom is -0.396 e. The summed E-state index contributed by atoms with van der Waals surface area (Å²) in [5, 5.41) is 28.4. The molecule has 0 rings (SSSR count). The van der Waals surface area contributed by atoms with Gasteiger partial charge in [0.15, 0.2) is 0 Å². The molecule has 0 aromatic rings. The summed E-state index contributed by atoms with van der Waals surface area (Å²) < 4.78 is 7.86. The Bertz CT molecular complexity index is 285. The van der Waals surface area contributed by atoms with Crippen molar-refractivity contribution >= 4 is 8.30 Å². The number of aliphatic hydroxyl groups excluding tert-OH is 2. The Labute approximate surface area is 123 Å². The van der Waals surface area contributed by atoms with Crippen LogP contribution in [0.25, 0.3) is 0 Å². The fourth-order valence-electron chi connectivity index (χ4n) is 1.99. The molecule has 0 bridgehead atoms. The first-order chi connectivity index (χ1) is 9.40. The smallest absolute Gasteiger partial charge is 0.135 e. The third-order valence-corrected chi connectivity index (χ3v) is 5.61. The zero-order valence-electron chi connectivity index (χ0n) is 12.9. The normalized spacial score (nSPS) is 16.4. The van der Waals surface area contributed by atoms with Crippen LogP contribution in [0.5, 0.6) is 0 Å². The monoisotopic (exact) mass is 305 g/mol. The molecular weight excluding hydrogens is 277 g/mol. The summed E-state index contributed by atoms with van der Waals surface area (Å²) in [7, 11) is -1.33. The van der Waals surface area contributed by atoms with E-state index >= 15 is 0 Å². The minimum absolute atomic E-state index is 0.178. The maximum absolute atomic E-state index is 10.5. The number of hydrogen-bond acceptors (Lipinski definition) is 6. The van der Waals surface area contributed by atoms with Crippen molar-refractivity contribution in [2.45, 2.75) is 52.0 Å². The van der Waals surface area contributed by atoms with Gasteiger partial charge in [-0.25, -0.2) is 0 Å². The van der Waals surface area contributed by atoms with E-state index in [9.17, 15) is 10.2 Å². The Kier molecular flexibility index (Phi) is 10.3. The van der Waals surface area contributed by atoms with Crippen LogP contribution in [0.4, 0.5) is 0 Å². The third-order valence-electron chi connectivity index (χ3n) is 2.91. The lowest BCUT2D eigenvalue weighted by molar-refractivity contribution is 0.106. The predicted octanol–water partition coefficient (Wildman–Crippen LogP) is 1.23. The van der Waals surface area contributed by atoms with Crippen LogP contribution < -0.4 is 5.73 Å². The molecule has 118 valence electrons. The van der Waals surface area contributed by atoms with E-state index in [0.29, 0.717) is 0 Å². The van der Waals surface area contributed by atoms with E-state index in [2.05, 4.69) is 4.67 Å². The van der Waals surface area contributed by atoms with Crippen LogP contribution in [-0.4, -0.2) is 52.6 Å². The Morgan fingerprint density at radius 3 is 2.20 bits per heavy atom. The quantitative estimate of drug-likeness (QED) is 0.414. The molecule has 7 heteroatoms. The molecule has 0 aliphatic heterocycles. The summed E-state index contributed by atoms with van der Waals surface area (Å²) in [5.74, 6) is -1.24. The number of nitrogens with two attached hydrogens (primary N) is 1. The molecule has 3 atom stereocenters. The largest absolute Gasteiger partial charge is 0.396 e. The highest BCUT2D eigenvalue weighted by Gasteiger charge is 2.35. The SMILES string of the molecule is CC(C)N(C(C)C)P(OCCC#N)C(O)C(CN)CO. The van der Waals surface area contributed by atoms with E-state index in [1.54, 1.807) is 0 Å². The van der Waals surface area contributed by atoms with E-state index in [1.807, 2.05) is 33.8 Å². The van der Waals surface area contributed by atoms with Crippen molar-refractivity contribution in [3.63, 3.8) is 0 Å². The van der Waals surface area contributed by atoms with Crippen molar-refractivity contribution in [2.24, 2.45) is 11.7 Å². The average molecular weight is 305 g/mol. The van der Waals surface area contributed by atoms with Gasteiger partial charge < -0.3 is 20.5 Å². The van der Waals surface area contributed by atoms with Crippen LogP contribution >= 0.6 is 8.30 Å². The highest BCUT2D eigenvalue weighted by atomic mass is 31.2. The van der Waals surface area contributed by atoms with Crippen molar-refractivity contribution in [1.29, 1.82) is 5.26 Å². The van der Waals surface area contributed by atoms with E-state index < -0.39 is 20.1 Å². The number of hydrogen-bond donors (Lipinski definition) is 3. The van der Waals surface area contributed by atoms with Gasteiger partial charge >= 0.3 is 0 Å². The van der Waals surface area contributed by atoms with Gasteiger partial charge in [0.2, 0.25) is 0 Å². The summed E-state index contributed by atoms with van der Waals surface area (Å²) in [6.45, 7) is 8.43. The molecule has 0 amide bonds. The fourth-order valence-corrected chi connectivity index (χ4v) is 4.31.